The van der Waals surface area contributed by atoms with E-state index in [0.29, 0.717) is 17.4 Å². The Morgan fingerprint density at radius 1 is 0.430 bits per heavy atom. The molecular weight excluding hydrogens is 996 g/mol. The lowest BCUT2D eigenvalue weighted by Gasteiger charge is -2.25. The van der Waals surface area contributed by atoms with E-state index < -0.39 is 20.0 Å². The number of amides is 1. The number of hydrogen-bond donors (Lipinski definition) is 3. The molecule has 79 heavy (non-hydrogen) atoms. The number of phosphoric acid groups is 1. The van der Waals surface area contributed by atoms with Crippen molar-refractivity contribution in [3.63, 3.8) is 0 Å². The van der Waals surface area contributed by atoms with Gasteiger partial charge in [0, 0.05) is 6.42 Å². The standard InChI is InChI=1S/C70H133N2O6P/c1-6-8-10-12-14-16-18-20-22-24-26-28-30-32-34-35-36-37-38-40-42-44-46-48-50-52-54-56-58-60-62-64-70(74)71-68(67-78-79(75,76)77-66-65-72(3,4)5)69(73)63-61-59-57-55-53-51-49-47-45-43-41-39-33-31-29-27-25-23-21-19-17-15-13-11-9-7-2/h18,20,24,26,30,32,53,55,61,63,68-69,73H,6-17,19,21-23,25,27-29,31,33-52,54,56-60,62,64-67H2,1-5H3,(H-,71,74,75,76)/p+1/b20-18-,26-24-,32-30-,55-53+,63-61+. The number of unbranched alkanes of at least 4 members (excludes halogenated alkanes) is 42. The molecule has 0 fully saturated rings. The van der Waals surface area contributed by atoms with Crippen molar-refractivity contribution in [3.05, 3.63) is 60.8 Å². The second-order valence-corrected chi connectivity index (χ2v) is 26.0. The summed E-state index contributed by atoms with van der Waals surface area (Å²) in [6, 6.07) is -0.866. The van der Waals surface area contributed by atoms with Crippen molar-refractivity contribution in [2.45, 2.75) is 341 Å². The van der Waals surface area contributed by atoms with Gasteiger partial charge in [-0.25, -0.2) is 4.57 Å². The van der Waals surface area contributed by atoms with Gasteiger partial charge in [0.15, 0.2) is 0 Å². The first-order chi connectivity index (χ1) is 38.5. The molecule has 0 spiro atoms. The molecule has 1 amide bonds. The average molecular weight is 1130 g/mol. The number of aliphatic hydroxyl groups is 1. The predicted molar refractivity (Wildman–Crippen MR) is 346 cm³/mol. The van der Waals surface area contributed by atoms with E-state index in [1.165, 1.54) is 257 Å². The van der Waals surface area contributed by atoms with E-state index in [4.69, 9.17) is 9.05 Å². The molecule has 0 radical (unpaired) electrons. The number of carbonyl (C=O) groups is 1. The molecule has 0 aromatic heterocycles. The highest BCUT2D eigenvalue weighted by atomic mass is 31.2. The van der Waals surface area contributed by atoms with Crippen LogP contribution in [-0.2, 0) is 18.4 Å². The first-order valence-electron chi connectivity index (χ1n) is 34.2. The Morgan fingerprint density at radius 3 is 1.10 bits per heavy atom. The summed E-state index contributed by atoms with van der Waals surface area (Å²) >= 11 is 0. The maximum Gasteiger partial charge on any atom is 0.472 e. The molecular formula is C70H134N2O6P+. The minimum absolute atomic E-state index is 0.0558. The molecule has 0 saturated carbocycles. The monoisotopic (exact) mass is 1130 g/mol. The predicted octanol–water partition coefficient (Wildman–Crippen LogP) is 21.6. The summed E-state index contributed by atoms with van der Waals surface area (Å²) in [6.07, 6.45) is 83.6. The largest absolute Gasteiger partial charge is 0.472 e. The maximum atomic E-state index is 13.0. The molecule has 0 heterocycles. The summed E-state index contributed by atoms with van der Waals surface area (Å²) < 4.78 is 23.8. The van der Waals surface area contributed by atoms with Crippen LogP contribution in [0.3, 0.4) is 0 Å². The molecule has 0 saturated heterocycles. The molecule has 0 bridgehead atoms. The van der Waals surface area contributed by atoms with Crippen molar-refractivity contribution >= 4 is 13.7 Å². The minimum atomic E-state index is -4.36. The molecule has 0 aliphatic carbocycles. The van der Waals surface area contributed by atoms with Crippen LogP contribution < -0.4 is 5.32 Å². The van der Waals surface area contributed by atoms with Crippen LogP contribution in [0.4, 0.5) is 0 Å². The lowest BCUT2D eigenvalue weighted by Crippen LogP contribution is -2.45. The van der Waals surface area contributed by atoms with Gasteiger partial charge >= 0.3 is 7.82 Å². The Balaban J connectivity index is 4.12. The van der Waals surface area contributed by atoms with Crippen molar-refractivity contribution in [1.82, 2.24) is 5.32 Å². The molecule has 0 aromatic carbocycles. The number of aliphatic hydroxyl groups excluding tert-OH is 1. The zero-order valence-electron chi connectivity index (χ0n) is 53.1. The summed E-state index contributed by atoms with van der Waals surface area (Å²) in [5, 5.41) is 14.0. The molecule has 8 nitrogen and oxygen atoms in total. The molecule has 3 atom stereocenters. The van der Waals surface area contributed by atoms with Crippen molar-refractivity contribution in [2.75, 3.05) is 40.9 Å². The molecule has 0 rings (SSSR count). The number of allylic oxidation sites excluding steroid dienone is 9. The maximum absolute atomic E-state index is 13.0. The zero-order chi connectivity index (χ0) is 57.7. The minimum Gasteiger partial charge on any atom is -0.387 e. The number of hydrogen-bond acceptors (Lipinski definition) is 5. The van der Waals surface area contributed by atoms with Gasteiger partial charge in [0.2, 0.25) is 5.91 Å². The van der Waals surface area contributed by atoms with E-state index in [-0.39, 0.29) is 19.1 Å². The van der Waals surface area contributed by atoms with Crippen LogP contribution in [0.15, 0.2) is 60.8 Å². The van der Waals surface area contributed by atoms with Gasteiger partial charge in [-0.2, -0.15) is 0 Å². The average Bonchev–Trinajstić information content (AvgIpc) is 3.42. The van der Waals surface area contributed by atoms with E-state index in [0.717, 1.165) is 51.4 Å². The number of rotatable bonds is 63. The van der Waals surface area contributed by atoms with Crippen LogP contribution in [0.2, 0.25) is 0 Å². The highest BCUT2D eigenvalue weighted by Crippen LogP contribution is 2.43. The Kier molecular flexibility index (Phi) is 59.4. The number of nitrogens with zero attached hydrogens (tertiary/aromatic N) is 1. The third-order valence-electron chi connectivity index (χ3n) is 15.5. The zero-order valence-corrected chi connectivity index (χ0v) is 54.0. The Labute approximate surface area is 492 Å². The lowest BCUT2D eigenvalue weighted by molar-refractivity contribution is -0.870. The topological polar surface area (TPSA) is 105 Å². The Hall–Kier alpha value is -1.80. The van der Waals surface area contributed by atoms with Gasteiger partial charge in [-0.3, -0.25) is 13.8 Å². The number of phosphoric ester groups is 1. The summed E-state index contributed by atoms with van der Waals surface area (Å²) in [6.45, 7) is 4.83. The van der Waals surface area contributed by atoms with Crippen molar-refractivity contribution in [1.29, 1.82) is 0 Å². The van der Waals surface area contributed by atoms with Gasteiger partial charge in [-0.1, -0.05) is 312 Å². The summed E-state index contributed by atoms with van der Waals surface area (Å²) in [5.74, 6) is -0.183. The summed E-state index contributed by atoms with van der Waals surface area (Å²) in [5.41, 5.74) is 0. The molecule has 9 heteroatoms. The number of carbonyl (C=O) groups excluding carboxylic acids is 1. The van der Waals surface area contributed by atoms with Gasteiger partial charge < -0.3 is 19.8 Å². The third kappa shape index (κ3) is 63.6. The van der Waals surface area contributed by atoms with Crippen molar-refractivity contribution < 1.29 is 32.9 Å². The van der Waals surface area contributed by atoms with Gasteiger partial charge in [0.1, 0.15) is 13.2 Å². The van der Waals surface area contributed by atoms with Crippen molar-refractivity contribution in [3.8, 4) is 0 Å². The highest BCUT2D eigenvalue weighted by molar-refractivity contribution is 7.47. The fourth-order valence-electron chi connectivity index (χ4n) is 10.1. The van der Waals surface area contributed by atoms with E-state index >= 15 is 0 Å². The van der Waals surface area contributed by atoms with E-state index in [2.05, 4.69) is 67.8 Å². The molecule has 0 aliphatic rings. The number of likely N-dealkylation sites (N-methyl/N-ethyl adjacent to an activating group) is 1. The number of quaternary nitrogens is 1. The van der Waals surface area contributed by atoms with Gasteiger partial charge in [-0.15, -0.1) is 0 Å². The fourth-order valence-corrected chi connectivity index (χ4v) is 10.9. The van der Waals surface area contributed by atoms with Crippen LogP contribution >= 0.6 is 7.82 Å². The molecule has 3 N–H and O–H groups in total. The molecule has 0 aromatic rings. The second kappa shape index (κ2) is 60.8. The number of nitrogens with one attached hydrogen (secondary N) is 1. The Morgan fingerprint density at radius 2 is 0.734 bits per heavy atom. The SMILES string of the molecule is CCCCCCC/C=C\C/C=C\C/C=C\CCCCCCCCCCCCCCCCCCC(=O)NC(COP(=O)(O)OCC[N+](C)(C)C)C(O)/C=C/CC/C=C/CCCCCCCCCCCCCCCCCCCCCC. The van der Waals surface area contributed by atoms with E-state index in [1.54, 1.807) is 6.08 Å². The van der Waals surface area contributed by atoms with E-state index in [1.807, 2.05) is 27.2 Å². The first-order valence-corrected chi connectivity index (χ1v) is 35.7. The summed E-state index contributed by atoms with van der Waals surface area (Å²) in [7, 11) is 1.56. The van der Waals surface area contributed by atoms with Crippen LogP contribution in [0.1, 0.15) is 328 Å². The lowest BCUT2D eigenvalue weighted by atomic mass is 10.0. The molecule has 3 unspecified atom stereocenters. The third-order valence-corrected chi connectivity index (χ3v) is 16.4. The second-order valence-electron chi connectivity index (χ2n) is 24.5. The van der Waals surface area contributed by atoms with E-state index in [9.17, 15) is 19.4 Å². The van der Waals surface area contributed by atoms with Crippen molar-refractivity contribution in [2.24, 2.45) is 0 Å². The Bertz CT molecular complexity index is 1470. The highest BCUT2D eigenvalue weighted by Gasteiger charge is 2.28. The molecule has 0 aliphatic heterocycles. The van der Waals surface area contributed by atoms with Gasteiger partial charge in [0.05, 0.1) is 39.9 Å². The first kappa shape index (κ1) is 77.2. The van der Waals surface area contributed by atoms with Crippen LogP contribution in [0.5, 0.6) is 0 Å². The van der Waals surface area contributed by atoms with Gasteiger partial charge in [0.25, 0.3) is 0 Å². The van der Waals surface area contributed by atoms with Crippen LogP contribution in [0.25, 0.3) is 0 Å². The smallest absolute Gasteiger partial charge is 0.387 e. The molecule has 464 valence electrons. The normalized spacial score (nSPS) is 14.1. The van der Waals surface area contributed by atoms with Crippen LogP contribution in [-0.4, -0.2) is 73.4 Å². The quantitative estimate of drug-likeness (QED) is 0.0243. The van der Waals surface area contributed by atoms with Gasteiger partial charge in [-0.05, 0) is 70.6 Å². The summed E-state index contributed by atoms with van der Waals surface area (Å²) in [4.78, 5) is 23.4. The van der Waals surface area contributed by atoms with Crippen LogP contribution in [0, 0.1) is 0 Å². The fraction of sp³-hybridized carbons (Fsp3) is 0.843.